The maximum Gasteiger partial charge on any atom is 0.340 e. The first-order valence-electron chi connectivity index (χ1n) is 6.50. The predicted molar refractivity (Wildman–Crippen MR) is 78.5 cm³/mol. The zero-order valence-corrected chi connectivity index (χ0v) is 11.6. The first-order valence-corrected chi connectivity index (χ1v) is 6.50. The van der Waals surface area contributed by atoms with Crippen molar-refractivity contribution in [3.63, 3.8) is 0 Å². The SMILES string of the molecule is COc1cccc(CCNc2cccc(F)c2C(=O)O)c1. The van der Waals surface area contributed by atoms with Crippen LogP contribution >= 0.6 is 0 Å². The third-order valence-corrected chi connectivity index (χ3v) is 3.09. The molecule has 0 heterocycles. The summed E-state index contributed by atoms with van der Waals surface area (Å²) in [5, 5.41) is 12.0. The van der Waals surface area contributed by atoms with Gasteiger partial charge in [-0.25, -0.2) is 9.18 Å². The average molecular weight is 289 g/mol. The predicted octanol–water partition coefficient (Wildman–Crippen LogP) is 3.19. The van der Waals surface area contributed by atoms with E-state index in [1.165, 1.54) is 6.07 Å². The van der Waals surface area contributed by atoms with E-state index in [2.05, 4.69) is 5.32 Å². The Morgan fingerprint density at radius 2 is 2.05 bits per heavy atom. The first-order chi connectivity index (χ1) is 10.1. The highest BCUT2D eigenvalue weighted by atomic mass is 19.1. The van der Waals surface area contributed by atoms with Crippen molar-refractivity contribution >= 4 is 11.7 Å². The summed E-state index contributed by atoms with van der Waals surface area (Å²) in [7, 11) is 1.60. The Morgan fingerprint density at radius 1 is 1.29 bits per heavy atom. The van der Waals surface area contributed by atoms with Crippen LogP contribution in [0, 0.1) is 5.82 Å². The first kappa shape index (κ1) is 14.8. The van der Waals surface area contributed by atoms with Gasteiger partial charge in [-0.15, -0.1) is 0 Å². The van der Waals surface area contributed by atoms with Gasteiger partial charge >= 0.3 is 5.97 Å². The zero-order chi connectivity index (χ0) is 15.2. The van der Waals surface area contributed by atoms with Gasteiger partial charge in [0.1, 0.15) is 17.1 Å². The Hall–Kier alpha value is -2.56. The number of hydrogen-bond donors (Lipinski definition) is 2. The second-order valence-electron chi connectivity index (χ2n) is 4.50. The summed E-state index contributed by atoms with van der Waals surface area (Å²) in [6.07, 6.45) is 0.673. The second kappa shape index (κ2) is 6.74. The smallest absolute Gasteiger partial charge is 0.340 e. The number of aromatic carboxylic acids is 1. The Balaban J connectivity index is 2.03. The summed E-state index contributed by atoms with van der Waals surface area (Å²) in [6.45, 7) is 0.497. The second-order valence-corrected chi connectivity index (χ2v) is 4.50. The number of ether oxygens (including phenoxy) is 1. The summed E-state index contributed by atoms with van der Waals surface area (Å²) in [6, 6.07) is 11.8. The number of carboxylic acid groups (broad SMARTS) is 1. The maximum absolute atomic E-state index is 13.5. The molecular weight excluding hydrogens is 273 g/mol. The lowest BCUT2D eigenvalue weighted by atomic mass is 10.1. The lowest BCUT2D eigenvalue weighted by Gasteiger charge is -2.10. The number of carbonyl (C=O) groups is 1. The molecule has 0 saturated heterocycles. The molecule has 2 rings (SSSR count). The number of nitrogens with one attached hydrogen (secondary N) is 1. The van der Waals surface area contributed by atoms with E-state index in [0.29, 0.717) is 13.0 Å². The third kappa shape index (κ3) is 3.72. The van der Waals surface area contributed by atoms with Crippen LogP contribution in [0.1, 0.15) is 15.9 Å². The fourth-order valence-electron chi connectivity index (χ4n) is 2.06. The van der Waals surface area contributed by atoms with Crippen molar-refractivity contribution < 1.29 is 19.0 Å². The van der Waals surface area contributed by atoms with Crippen LogP contribution in [0.15, 0.2) is 42.5 Å². The van der Waals surface area contributed by atoms with E-state index in [0.717, 1.165) is 17.4 Å². The topological polar surface area (TPSA) is 58.6 Å². The van der Waals surface area contributed by atoms with Crippen molar-refractivity contribution in [2.75, 3.05) is 19.0 Å². The summed E-state index contributed by atoms with van der Waals surface area (Å²) >= 11 is 0. The fraction of sp³-hybridized carbons (Fsp3) is 0.188. The Morgan fingerprint density at radius 3 is 2.76 bits per heavy atom. The minimum atomic E-state index is -1.28. The molecule has 0 amide bonds. The van der Waals surface area contributed by atoms with Gasteiger partial charge in [-0.3, -0.25) is 0 Å². The molecule has 21 heavy (non-hydrogen) atoms. The van der Waals surface area contributed by atoms with E-state index in [4.69, 9.17) is 9.84 Å². The molecule has 0 aliphatic rings. The molecule has 2 aromatic rings. The van der Waals surface area contributed by atoms with E-state index in [-0.39, 0.29) is 11.3 Å². The lowest BCUT2D eigenvalue weighted by Crippen LogP contribution is -2.11. The van der Waals surface area contributed by atoms with Gasteiger partial charge in [-0.1, -0.05) is 18.2 Å². The van der Waals surface area contributed by atoms with Crippen LogP contribution in [-0.4, -0.2) is 24.7 Å². The van der Waals surface area contributed by atoms with Crippen molar-refractivity contribution in [1.29, 1.82) is 0 Å². The van der Waals surface area contributed by atoms with Gasteiger partial charge in [0.2, 0.25) is 0 Å². The highest BCUT2D eigenvalue weighted by Gasteiger charge is 2.15. The van der Waals surface area contributed by atoms with Gasteiger partial charge in [-0.2, -0.15) is 0 Å². The number of methoxy groups -OCH3 is 1. The lowest BCUT2D eigenvalue weighted by molar-refractivity contribution is 0.0693. The van der Waals surface area contributed by atoms with Gasteiger partial charge in [0, 0.05) is 6.54 Å². The molecule has 2 N–H and O–H groups in total. The molecule has 0 radical (unpaired) electrons. The monoisotopic (exact) mass is 289 g/mol. The normalized spacial score (nSPS) is 10.2. The van der Waals surface area contributed by atoms with Crippen molar-refractivity contribution in [3.8, 4) is 5.75 Å². The Labute approximate surface area is 122 Å². The molecule has 0 aliphatic heterocycles. The van der Waals surface area contributed by atoms with Crippen molar-refractivity contribution in [1.82, 2.24) is 0 Å². The quantitative estimate of drug-likeness (QED) is 0.857. The molecular formula is C16H16FNO3. The number of hydrogen-bond acceptors (Lipinski definition) is 3. The zero-order valence-electron chi connectivity index (χ0n) is 11.6. The summed E-state index contributed by atoms with van der Waals surface area (Å²) < 4.78 is 18.7. The largest absolute Gasteiger partial charge is 0.497 e. The maximum atomic E-state index is 13.5. The number of halogens is 1. The van der Waals surface area contributed by atoms with Crippen LogP contribution in [0.2, 0.25) is 0 Å². The standard InChI is InChI=1S/C16H16FNO3/c1-21-12-5-2-4-11(10-12)8-9-18-14-7-3-6-13(17)15(14)16(19)20/h2-7,10,18H,8-9H2,1H3,(H,19,20). The summed E-state index contributed by atoms with van der Waals surface area (Å²) in [4.78, 5) is 11.1. The minimum absolute atomic E-state index is 0.283. The van der Waals surface area contributed by atoms with Crippen molar-refractivity contribution in [2.24, 2.45) is 0 Å². The highest BCUT2D eigenvalue weighted by Crippen LogP contribution is 2.19. The molecule has 0 atom stereocenters. The molecule has 0 bridgehead atoms. The molecule has 0 spiro atoms. The van der Waals surface area contributed by atoms with Crippen molar-refractivity contribution in [2.45, 2.75) is 6.42 Å². The molecule has 110 valence electrons. The van der Waals surface area contributed by atoms with Gasteiger partial charge in [0.05, 0.1) is 12.8 Å². The van der Waals surface area contributed by atoms with Gasteiger partial charge < -0.3 is 15.2 Å². The molecule has 0 aromatic heterocycles. The van der Waals surface area contributed by atoms with Crippen LogP contribution < -0.4 is 10.1 Å². The number of carboxylic acids is 1. The summed E-state index contributed by atoms with van der Waals surface area (Å²) in [5.74, 6) is -1.25. The van der Waals surface area contributed by atoms with Crippen LogP contribution in [0.4, 0.5) is 10.1 Å². The van der Waals surface area contributed by atoms with Gasteiger partial charge in [-0.05, 0) is 36.2 Å². The van der Waals surface area contributed by atoms with E-state index in [9.17, 15) is 9.18 Å². The van der Waals surface area contributed by atoms with E-state index < -0.39 is 11.8 Å². The molecule has 5 heteroatoms. The highest BCUT2D eigenvalue weighted by molar-refractivity contribution is 5.94. The van der Waals surface area contributed by atoms with Crippen LogP contribution in [0.5, 0.6) is 5.75 Å². The van der Waals surface area contributed by atoms with Crippen molar-refractivity contribution in [3.05, 3.63) is 59.4 Å². The average Bonchev–Trinajstić information content (AvgIpc) is 2.47. The Kier molecular flexibility index (Phi) is 4.77. The van der Waals surface area contributed by atoms with E-state index in [1.807, 2.05) is 24.3 Å². The molecule has 4 nitrogen and oxygen atoms in total. The molecule has 0 unspecified atom stereocenters. The molecule has 0 fully saturated rings. The van der Waals surface area contributed by atoms with Crippen LogP contribution in [-0.2, 0) is 6.42 Å². The van der Waals surface area contributed by atoms with Gasteiger partial charge in [0.25, 0.3) is 0 Å². The Bertz CT molecular complexity index is 643. The minimum Gasteiger partial charge on any atom is -0.497 e. The molecule has 0 aliphatic carbocycles. The van der Waals surface area contributed by atoms with E-state index in [1.54, 1.807) is 13.2 Å². The van der Waals surface area contributed by atoms with Gasteiger partial charge in [0.15, 0.2) is 0 Å². The third-order valence-electron chi connectivity index (χ3n) is 3.09. The molecule has 2 aromatic carbocycles. The van der Waals surface area contributed by atoms with Crippen LogP contribution in [0.25, 0.3) is 0 Å². The summed E-state index contributed by atoms with van der Waals surface area (Å²) in [5.41, 5.74) is 1.00. The number of anilines is 1. The fourth-order valence-corrected chi connectivity index (χ4v) is 2.06. The number of benzene rings is 2. The molecule has 0 saturated carbocycles. The number of rotatable bonds is 6. The van der Waals surface area contributed by atoms with Crippen LogP contribution in [0.3, 0.4) is 0 Å². The van der Waals surface area contributed by atoms with E-state index >= 15 is 0 Å².